The average Bonchev–Trinajstić information content (AvgIpc) is 3.12. The highest BCUT2D eigenvalue weighted by Crippen LogP contribution is 2.24. The fraction of sp³-hybridized carbons (Fsp3) is 0.385. The van der Waals surface area contributed by atoms with Gasteiger partial charge in [-0.3, -0.25) is 4.79 Å². The van der Waals surface area contributed by atoms with Crippen LogP contribution in [0.4, 0.5) is 5.69 Å². The van der Waals surface area contributed by atoms with E-state index in [1.54, 1.807) is 11.0 Å². The largest absolute Gasteiger partial charge is 0.364 e. The molecule has 0 aliphatic heterocycles. The average molecular weight is 308 g/mol. The Bertz CT molecular complexity index is 505. The first-order valence-corrected chi connectivity index (χ1v) is 6.59. The van der Waals surface area contributed by atoms with Crippen molar-refractivity contribution in [2.45, 2.75) is 18.9 Å². The number of rotatable bonds is 4. The normalized spacial score (nSPS) is 13.8. The van der Waals surface area contributed by atoms with Gasteiger partial charge in [-0.1, -0.05) is 15.9 Å². The number of carbonyl (C=O) groups is 1. The number of carbonyl (C=O) groups excluding carboxylic acids is 1. The SMILES string of the molecule is CN(CC(=O)NC1CC1)c1cc(Br)ccc1C#N. The fourth-order valence-electron chi connectivity index (χ4n) is 1.72. The van der Waals surface area contributed by atoms with Crippen LogP contribution in [0.25, 0.3) is 0 Å². The predicted octanol–water partition coefficient (Wildman–Crippen LogP) is 2.04. The van der Waals surface area contributed by atoms with Crippen LogP contribution in [-0.4, -0.2) is 25.5 Å². The van der Waals surface area contributed by atoms with Crippen LogP contribution >= 0.6 is 15.9 Å². The van der Waals surface area contributed by atoms with Crippen LogP contribution in [0.2, 0.25) is 0 Å². The van der Waals surface area contributed by atoms with E-state index in [0.717, 1.165) is 23.0 Å². The summed E-state index contributed by atoms with van der Waals surface area (Å²) in [5.41, 5.74) is 1.33. The van der Waals surface area contributed by atoms with Gasteiger partial charge in [0.1, 0.15) is 6.07 Å². The van der Waals surface area contributed by atoms with Gasteiger partial charge in [0.15, 0.2) is 0 Å². The summed E-state index contributed by atoms with van der Waals surface area (Å²) in [5, 5.41) is 12.0. The zero-order valence-corrected chi connectivity index (χ0v) is 11.7. The van der Waals surface area contributed by atoms with Crippen LogP contribution in [-0.2, 0) is 4.79 Å². The molecule has 1 fully saturated rings. The summed E-state index contributed by atoms with van der Waals surface area (Å²) in [4.78, 5) is 13.5. The lowest BCUT2D eigenvalue weighted by atomic mass is 10.2. The first-order valence-electron chi connectivity index (χ1n) is 5.80. The maximum atomic E-state index is 11.7. The van der Waals surface area contributed by atoms with Gasteiger partial charge < -0.3 is 10.2 Å². The minimum Gasteiger partial charge on any atom is -0.364 e. The molecule has 0 atom stereocenters. The number of hydrogen-bond acceptors (Lipinski definition) is 3. The van der Waals surface area contributed by atoms with Crippen LogP contribution in [0.5, 0.6) is 0 Å². The van der Waals surface area contributed by atoms with Gasteiger partial charge in [-0.05, 0) is 31.0 Å². The molecule has 0 saturated heterocycles. The number of likely N-dealkylation sites (N-methyl/N-ethyl adjacent to an activating group) is 1. The highest BCUT2D eigenvalue weighted by Gasteiger charge is 2.23. The van der Waals surface area contributed by atoms with Gasteiger partial charge in [0.2, 0.25) is 5.91 Å². The summed E-state index contributed by atoms with van der Waals surface area (Å²) in [6, 6.07) is 7.92. The van der Waals surface area contributed by atoms with Crippen molar-refractivity contribution < 1.29 is 4.79 Å². The number of anilines is 1. The first kappa shape index (κ1) is 12.9. The Hall–Kier alpha value is -1.54. The molecule has 1 aliphatic rings. The first-order chi connectivity index (χ1) is 8.60. The second-order valence-electron chi connectivity index (χ2n) is 4.47. The molecular weight excluding hydrogens is 294 g/mol. The Morgan fingerprint density at radius 3 is 2.94 bits per heavy atom. The van der Waals surface area contributed by atoms with E-state index in [-0.39, 0.29) is 12.5 Å². The van der Waals surface area contributed by atoms with Gasteiger partial charge in [-0.25, -0.2) is 0 Å². The number of nitriles is 1. The predicted molar refractivity (Wildman–Crippen MR) is 73.3 cm³/mol. The topological polar surface area (TPSA) is 56.1 Å². The Labute approximate surface area is 115 Å². The van der Waals surface area contributed by atoms with Gasteiger partial charge >= 0.3 is 0 Å². The summed E-state index contributed by atoms with van der Waals surface area (Å²) >= 11 is 3.37. The van der Waals surface area contributed by atoms with E-state index in [2.05, 4.69) is 27.3 Å². The lowest BCUT2D eigenvalue weighted by Gasteiger charge is -2.20. The lowest BCUT2D eigenvalue weighted by Crippen LogP contribution is -2.36. The number of amides is 1. The van der Waals surface area contributed by atoms with Crippen LogP contribution in [0.3, 0.4) is 0 Å². The molecule has 4 nitrogen and oxygen atoms in total. The number of hydrogen-bond donors (Lipinski definition) is 1. The molecule has 1 N–H and O–H groups in total. The molecule has 94 valence electrons. The van der Waals surface area contributed by atoms with Gasteiger partial charge in [-0.15, -0.1) is 0 Å². The molecule has 0 heterocycles. The molecule has 1 saturated carbocycles. The molecule has 2 rings (SSSR count). The van der Waals surface area contributed by atoms with Crippen molar-refractivity contribution in [2.24, 2.45) is 0 Å². The van der Waals surface area contributed by atoms with Crippen LogP contribution in [0, 0.1) is 11.3 Å². The van der Waals surface area contributed by atoms with E-state index in [0.29, 0.717) is 11.6 Å². The third kappa shape index (κ3) is 3.23. The standard InChI is InChI=1S/C13H14BrN3O/c1-17(8-13(18)16-11-4-5-11)12-6-10(14)3-2-9(12)7-15/h2-3,6,11H,4-5,8H2,1H3,(H,16,18). The third-order valence-electron chi connectivity index (χ3n) is 2.81. The van der Waals surface area contributed by atoms with Gasteiger partial charge in [0.05, 0.1) is 17.8 Å². The van der Waals surface area contributed by atoms with Crippen LogP contribution in [0.1, 0.15) is 18.4 Å². The van der Waals surface area contributed by atoms with Crippen LogP contribution < -0.4 is 10.2 Å². The van der Waals surface area contributed by atoms with E-state index >= 15 is 0 Å². The summed E-state index contributed by atoms with van der Waals surface area (Å²) in [7, 11) is 1.81. The number of nitrogens with zero attached hydrogens (tertiary/aromatic N) is 2. The van der Waals surface area contributed by atoms with Crippen molar-refractivity contribution in [3.8, 4) is 6.07 Å². The zero-order valence-electron chi connectivity index (χ0n) is 10.1. The van der Waals surface area contributed by atoms with Crippen molar-refractivity contribution in [2.75, 3.05) is 18.5 Å². The molecular formula is C13H14BrN3O. The summed E-state index contributed by atoms with van der Waals surface area (Å²) in [5.74, 6) is 0.00358. The van der Waals surface area contributed by atoms with Crippen molar-refractivity contribution in [1.82, 2.24) is 5.32 Å². The minimum atomic E-state index is 0.00358. The molecule has 1 aliphatic carbocycles. The summed E-state index contributed by atoms with van der Waals surface area (Å²) in [6.07, 6.45) is 2.16. The number of halogens is 1. The highest BCUT2D eigenvalue weighted by atomic mass is 79.9. The Kier molecular flexibility index (Phi) is 3.87. The van der Waals surface area contributed by atoms with Crippen LogP contribution in [0.15, 0.2) is 22.7 Å². The van der Waals surface area contributed by atoms with E-state index in [4.69, 9.17) is 5.26 Å². The number of benzene rings is 1. The monoisotopic (exact) mass is 307 g/mol. The Balaban J connectivity index is 2.07. The smallest absolute Gasteiger partial charge is 0.239 e. The molecule has 18 heavy (non-hydrogen) atoms. The number of nitrogens with one attached hydrogen (secondary N) is 1. The van der Waals surface area contributed by atoms with Crippen molar-refractivity contribution >= 4 is 27.5 Å². The second-order valence-corrected chi connectivity index (χ2v) is 5.39. The lowest BCUT2D eigenvalue weighted by molar-refractivity contribution is -0.119. The molecule has 0 bridgehead atoms. The van der Waals surface area contributed by atoms with E-state index in [1.165, 1.54) is 0 Å². The maximum absolute atomic E-state index is 11.7. The fourth-order valence-corrected chi connectivity index (χ4v) is 2.07. The second kappa shape index (κ2) is 5.40. The summed E-state index contributed by atoms with van der Waals surface area (Å²) < 4.78 is 0.894. The molecule has 0 aromatic heterocycles. The maximum Gasteiger partial charge on any atom is 0.239 e. The minimum absolute atomic E-state index is 0.00358. The summed E-state index contributed by atoms with van der Waals surface area (Å²) in [6.45, 7) is 0.266. The molecule has 1 amide bonds. The van der Waals surface area contributed by atoms with Crippen molar-refractivity contribution in [3.63, 3.8) is 0 Å². The van der Waals surface area contributed by atoms with Crippen molar-refractivity contribution in [3.05, 3.63) is 28.2 Å². The van der Waals surface area contributed by atoms with Crippen molar-refractivity contribution in [1.29, 1.82) is 5.26 Å². The van der Waals surface area contributed by atoms with E-state index in [9.17, 15) is 4.79 Å². The zero-order chi connectivity index (χ0) is 13.1. The molecule has 0 spiro atoms. The molecule has 1 aromatic rings. The molecule has 5 heteroatoms. The Morgan fingerprint density at radius 1 is 1.61 bits per heavy atom. The molecule has 0 radical (unpaired) electrons. The molecule has 1 aromatic carbocycles. The van der Waals surface area contributed by atoms with Gasteiger partial charge in [0, 0.05) is 17.6 Å². The van der Waals surface area contributed by atoms with E-state index < -0.39 is 0 Å². The van der Waals surface area contributed by atoms with Gasteiger partial charge in [0.25, 0.3) is 0 Å². The molecule has 0 unspecified atom stereocenters. The van der Waals surface area contributed by atoms with E-state index in [1.807, 2.05) is 19.2 Å². The quantitative estimate of drug-likeness (QED) is 0.926. The third-order valence-corrected chi connectivity index (χ3v) is 3.31. The van der Waals surface area contributed by atoms with Gasteiger partial charge in [-0.2, -0.15) is 5.26 Å². The highest BCUT2D eigenvalue weighted by molar-refractivity contribution is 9.10. The Morgan fingerprint density at radius 2 is 2.33 bits per heavy atom.